The van der Waals surface area contributed by atoms with Crippen molar-refractivity contribution < 1.29 is 9.18 Å². The van der Waals surface area contributed by atoms with Crippen molar-refractivity contribution >= 4 is 17.5 Å². The van der Waals surface area contributed by atoms with Gasteiger partial charge in [-0.2, -0.15) is 5.10 Å². The van der Waals surface area contributed by atoms with Crippen molar-refractivity contribution in [2.24, 2.45) is 0 Å². The summed E-state index contributed by atoms with van der Waals surface area (Å²) >= 11 is 0. The van der Waals surface area contributed by atoms with E-state index >= 15 is 0 Å². The third kappa shape index (κ3) is 3.00. The van der Waals surface area contributed by atoms with E-state index in [1.54, 1.807) is 12.3 Å². The zero-order valence-electron chi connectivity index (χ0n) is 8.80. The molecule has 88 valence electrons. The molecule has 0 spiro atoms. The quantitative estimate of drug-likeness (QED) is 0.817. The number of halogens is 1. The van der Waals surface area contributed by atoms with E-state index < -0.39 is 5.82 Å². The third-order valence-corrected chi connectivity index (χ3v) is 1.96. The van der Waals surface area contributed by atoms with Crippen LogP contribution in [0.1, 0.15) is 0 Å². The Balaban J connectivity index is 1.95. The highest BCUT2D eigenvalue weighted by molar-refractivity contribution is 5.89. The van der Waals surface area contributed by atoms with Crippen LogP contribution in [0.3, 0.4) is 0 Å². The predicted octanol–water partition coefficient (Wildman–Crippen LogP) is 0.638. The molecule has 2 aromatic rings. The van der Waals surface area contributed by atoms with Crippen LogP contribution in [-0.2, 0) is 11.3 Å². The maximum atomic E-state index is 12.6. The summed E-state index contributed by atoms with van der Waals surface area (Å²) in [6.07, 6.45) is 2.62. The molecule has 0 atom stereocenters. The molecule has 0 saturated carbocycles. The minimum Gasteiger partial charge on any atom is -0.382 e. The molecule has 0 unspecified atom stereocenters. The Kier molecular flexibility index (Phi) is 2.99. The van der Waals surface area contributed by atoms with E-state index in [1.807, 2.05) is 0 Å². The van der Waals surface area contributed by atoms with E-state index in [1.165, 1.54) is 16.8 Å². The molecule has 3 N–H and O–H groups in total. The van der Waals surface area contributed by atoms with Gasteiger partial charge in [0.2, 0.25) is 5.91 Å². The summed E-state index contributed by atoms with van der Waals surface area (Å²) in [6, 6.07) is 4.18. The Labute approximate surface area is 96.3 Å². The van der Waals surface area contributed by atoms with Gasteiger partial charge in [-0.25, -0.2) is 9.37 Å². The van der Waals surface area contributed by atoms with Crippen LogP contribution in [-0.4, -0.2) is 20.7 Å². The molecule has 0 aliphatic heterocycles. The summed E-state index contributed by atoms with van der Waals surface area (Å²) in [4.78, 5) is 15.2. The van der Waals surface area contributed by atoms with Gasteiger partial charge in [0.25, 0.3) is 0 Å². The third-order valence-electron chi connectivity index (χ3n) is 1.96. The lowest BCUT2D eigenvalue weighted by Crippen LogP contribution is -2.19. The number of hydrogen-bond acceptors (Lipinski definition) is 4. The number of nitrogens with zero attached hydrogens (tertiary/aromatic N) is 3. The highest BCUT2D eigenvalue weighted by Crippen LogP contribution is 2.04. The van der Waals surface area contributed by atoms with Crippen molar-refractivity contribution in [1.29, 1.82) is 0 Å². The molecule has 2 rings (SSSR count). The Morgan fingerprint density at radius 3 is 2.88 bits per heavy atom. The number of carbonyl (C=O) groups is 1. The van der Waals surface area contributed by atoms with Gasteiger partial charge in [-0.15, -0.1) is 0 Å². The molecule has 17 heavy (non-hydrogen) atoms. The van der Waals surface area contributed by atoms with Gasteiger partial charge in [0, 0.05) is 6.20 Å². The van der Waals surface area contributed by atoms with Crippen LogP contribution in [0, 0.1) is 5.82 Å². The zero-order chi connectivity index (χ0) is 12.3. The molecular weight excluding hydrogens is 225 g/mol. The minimum absolute atomic E-state index is 0.0241. The van der Waals surface area contributed by atoms with E-state index in [0.29, 0.717) is 5.82 Å². The van der Waals surface area contributed by atoms with Crippen molar-refractivity contribution in [1.82, 2.24) is 14.8 Å². The Morgan fingerprint density at radius 2 is 2.29 bits per heavy atom. The monoisotopic (exact) mass is 235 g/mol. The molecule has 2 aromatic heterocycles. The summed E-state index contributed by atoms with van der Waals surface area (Å²) in [6.45, 7) is 0.0241. The largest absolute Gasteiger partial charge is 0.382 e. The van der Waals surface area contributed by atoms with Crippen molar-refractivity contribution in [3.8, 4) is 0 Å². The smallest absolute Gasteiger partial charge is 0.247 e. The Bertz CT molecular complexity index is 522. The number of carbonyl (C=O) groups excluding carboxylic acids is 1. The standard InChI is InChI=1S/C10H10FN5O/c11-7-1-2-9(13-5-7)14-10(17)6-16-4-3-8(12)15-16/h1-5H,6H2,(H2,12,15)(H,13,14,17). The highest BCUT2D eigenvalue weighted by Gasteiger charge is 2.05. The zero-order valence-corrected chi connectivity index (χ0v) is 8.80. The molecule has 7 heteroatoms. The van der Waals surface area contributed by atoms with E-state index in [4.69, 9.17) is 5.73 Å². The molecule has 0 aromatic carbocycles. The number of anilines is 2. The molecule has 0 aliphatic rings. The summed E-state index contributed by atoms with van der Waals surface area (Å²) in [5.74, 6) is -0.135. The van der Waals surface area contributed by atoms with Crippen molar-refractivity contribution in [3.05, 3.63) is 36.4 Å². The van der Waals surface area contributed by atoms with Crippen LogP contribution in [0.4, 0.5) is 16.0 Å². The minimum atomic E-state index is -0.456. The number of pyridine rings is 1. The van der Waals surface area contributed by atoms with E-state index in [9.17, 15) is 9.18 Å². The Hall–Kier alpha value is -2.44. The fraction of sp³-hybridized carbons (Fsp3) is 0.100. The average molecular weight is 235 g/mol. The maximum Gasteiger partial charge on any atom is 0.247 e. The van der Waals surface area contributed by atoms with Gasteiger partial charge in [-0.3, -0.25) is 9.48 Å². The number of amides is 1. The topological polar surface area (TPSA) is 85.8 Å². The fourth-order valence-electron chi connectivity index (χ4n) is 1.24. The molecule has 1 amide bonds. The number of rotatable bonds is 3. The van der Waals surface area contributed by atoms with Gasteiger partial charge < -0.3 is 11.1 Å². The van der Waals surface area contributed by atoms with Gasteiger partial charge in [0.05, 0.1) is 6.20 Å². The molecule has 0 bridgehead atoms. The number of aromatic nitrogens is 3. The van der Waals surface area contributed by atoms with Gasteiger partial charge in [0.15, 0.2) is 0 Å². The van der Waals surface area contributed by atoms with Crippen LogP contribution < -0.4 is 11.1 Å². The second-order valence-electron chi connectivity index (χ2n) is 3.35. The normalized spacial score (nSPS) is 10.2. The molecule has 6 nitrogen and oxygen atoms in total. The summed E-state index contributed by atoms with van der Waals surface area (Å²) in [7, 11) is 0. The number of hydrogen-bond donors (Lipinski definition) is 2. The molecule has 0 aliphatic carbocycles. The van der Waals surface area contributed by atoms with Gasteiger partial charge in [0.1, 0.15) is 24.0 Å². The summed E-state index contributed by atoms with van der Waals surface area (Å²) in [5.41, 5.74) is 5.41. The predicted molar refractivity (Wildman–Crippen MR) is 59.5 cm³/mol. The highest BCUT2D eigenvalue weighted by atomic mass is 19.1. The second-order valence-corrected chi connectivity index (χ2v) is 3.35. The van der Waals surface area contributed by atoms with E-state index in [2.05, 4.69) is 15.4 Å². The second kappa shape index (κ2) is 4.60. The van der Waals surface area contributed by atoms with Gasteiger partial charge in [-0.05, 0) is 18.2 Å². The number of nitrogen functional groups attached to an aromatic ring is 1. The SMILES string of the molecule is Nc1ccn(CC(=O)Nc2ccc(F)cn2)n1. The lowest BCUT2D eigenvalue weighted by molar-refractivity contribution is -0.116. The van der Waals surface area contributed by atoms with Crippen LogP contribution in [0.25, 0.3) is 0 Å². The van der Waals surface area contributed by atoms with Crippen LogP contribution >= 0.6 is 0 Å². The van der Waals surface area contributed by atoms with Gasteiger partial charge >= 0.3 is 0 Å². The first-order valence-corrected chi connectivity index (χ1v) is 4.84. The molecule has 2 heterocycles. The van der Waals surface area contributed by atoms with Gasteiger partial charge in [-0.1, -0.05) is 0 Å². The number of nitrogens with one attached hydrogen (secondary N) is 1. The summed E-state index contributed by atoms with van der Waals surface area (Å²) < 4.78 is 14.0. The van der Waals surface area contributed by atoms with E-state index in [0.717, 1.165) is 6.20 Å². The van der Waals surface area contributed by atoms with E-state index in [-0.39, 0.29) is 18.3 Å². The first kappa shape index (κ1) is 11.1. The molecule has 0 radical (unpaired) electrons. The maximum absolute atomic E-state index is 12.6. The van der Waals surface area contributed by atoms with Crippen LogP contribution in [0.15, 0.2) is 30.6 Å². The van der Waals surface area contributed by atoms with Crippen molar-refractivity contribution in [3.63, 3.8) is 0 Å². The van der Waals surface area contributed by atoms with Crippen LogP contribution in [0.2, 0.25) is 0 Å². The lowest BCUT2D eigenvalue weighted by atomic mass is 10.4. The fourth-order valence-corrected chi connectivity index (χ4v) is 1.24. The van der Waals surface area contributed by atoms with Crippen LogP contribution in [0.5, 0.6) is 0 Å². The molecular formula is C10H10FN5O. The first-order valence-electron chi connectivity index (χ1n) is 4.84. The average Bonchev–Trinajstić information content (AvgIpc) is 2.67. The molecule has 0 fully saturated rings. The van der Waals surface area contributed by atoms with Crippen molar-refractivity contribution in [2.45, 2.75) is 6.54 Å². The molecule has 0 saturated heterocycles. The first-order chi connectivity index (χ1) is 8.13. The van der Waals surface area contributed by atoms with Crippen molar-refractivity contribution in [2.75, 3.05) is 11.1 Å². The lowest BCUT2D eigenvalue weighted by Gasteiger charge is -2.03. The number of nitrogens with two attached hydrogens (primary N) is 1. The Morgan fingerprint density at radius 1 is 1.47 bits per heavy atom. The summed E-state index contributed by atoms with van der Waals surface area (Å²) in [5, 5.41) is 6.37.